The molecule has 0 amide bonds. The highest BCUT2D eigenvalue weighted by molar-refractivity contribution is 6.35. The minimum atomic E-state index is 0.0203. The highest BCUT2D eigenvalue weighted by Gasteiger charge is 2.07. The second-order valence-electron chi connectivity index (χ2n) is 5.32. The number of carbonyl (C=O) groups excluding carboxylic acids is 1. The molecule has 0 saturated carbocycles. The van der Waals surface area contributed by atoms with Crippen molar-refractivity contribution in [2.45, 2.75) is 0 Å². The molecule has 0 radical (unpaired) electrons. The third-order valence-corrected chi connectivity index (χ3v) is 4.19. The van der Waals surface area contributed by atoms with Gasteiger partial charge in [0.15, 0.2) is 5.78 Å². The lowest BCUT2D eigenvalue weighted by Crippen LogP contribution is -2.00. The Kier molecular flexibility index (Phi) is 5.14. The molecule has 3 rings (SSSR count). The Morgan fingerprint density at radius 2 is 1.42 bits per heavy atom. The highest BCUT2D eigenvalue weighted by Crippen LogP contribution is 2.23. The maximum Gasteiger partial charge on any atom is 0.193 e. The van der Waals surface area contributed by atoms with Gasteiger partial charge in [0.25, 0.3) is 0 Å². The molecule has 0 unspecified atom stereocenters. The molecule has 0 aliphatic rings. The fourth-order valence-electron chi connectivity index (χ4n) is 2.32. The standard InChI is InChI=1S/C21H14Cl2O/c22-19-13-12-16(20(23)14-19)9-6-15-7-10-18(11-8-15)21(24)17-4-2-1-3-5-17/h1-14H/b9-6+. The zero-order valence-electron chi connectivity index (χ0n) is 12.7. The summed E-state index contributed by atoms with van der Waals surface area (Å²) in [6.45, 7) is 0. The third-order valence-electron chi connectivity index (χ3n) is 3.63. The predicted molar refractivity (Wildman–Crippen MR) is 102 cm³/mol. The summed E-state index contributed by atoms with van der Waals surface area (Å²) in [6, 6.07) is 22.1. The second-order valence-corrected chi connectivity index (χ2v) is 6.16. The van der Waals surface area contributed by atoms with Crippen LogP contribution in [0.1, 0.15) is 27.0 Å². The van der Waals surface area contributed by atoms with Crippen LogP contribution in [0.25, 0.3) is 12.2 Å². The maximum atomic E-state index is 12.4. The Hall–Kier alpha value is -2.35. The van der Waals surface area contributed by atoms with Crippen molar-refractivity contribution in [3.8, 4) is 0 Å². The molecule has 0 aliphatic carbocycles. The second kappa shape index (κ2) is 7.48. The summed E-state index contributed by atoms with van der Waals surface area (Å²) >= 11 is 12.0. The van der Waals surface area contributed by atoms with Gasteiger partial charge in [-0.2, -0.15) is 0 Å². The van der Waals surface area contributed by atoms with Gasteiger partial charge in [0.1, 0.15) is 0 Å². The molecule has 0 aromatic heterocycles. The molecule has 1 nitrogen and oxygen atoms in total. The zero-order chi connectivity index (χ0) is 16.9. The first kappa shape index (κ1) is 16.5. The van der Waals surface area contributed by atoms with Gasteiger partial charge in [0, 0.05) is 21.2 Å². The average molecular weight is 353 g/mol. The normalized spacial score (nSPS) is 10.9. The average Bonchev–Trinajstić information content (AvgIpc) is 2.62. The van der Waals surface area contributed by atoms with Crippen molar-refractivity contribution in [3.63, 3.8) is 0 Å². The maximum absolute atomic E-state index is 12.4. The summed E-state index contributed by atoms with van der Waals surface area (Å²) in [5, 5.41) is 1.22. The van der Waals surface area contributed by atoms with Gasteiger partial charge in [-0.3, -0.25) is 4.79 Å². The van der Waals surface area contributed by atoms with Gasteiger partial charge in [0.05, 0.1) is 0 Å². The molecule has 0 atom stereocenters. The number of carbonyl (C=O) groups is 1. The summed E-state index contributed by atoms with van der Waals surface area (Å²) in [7, 11) is 0. The molecule has 0 N–H and O–H groups in total. The van der Waals surface area contributed by atoms with Crippen LogP contribution in [0, 0.1) is 0 Å². The van der Waals surface area contributed by atoms with Gasteiger partial charge in [0.2, 0.25) is 0 Å². The highest BCUT2D eigenvalue weighted by atomic mass is 35.5. The lowest BCUT2D eigenvalue weighted by molar-refractivity contribution is 0.103. The largest absolute Gasteiger partial charge is 0.289 e. The van der Waals surface area contributed by atoms with Crippen molar-refractivity contribution >= 4 is 41.1 Å². The van der Waals surface area contributed by atoms with Gasteiger partial charge in [-0.15, -0.1) is 0 Å². The number of hydrogen-bond acceptors (Lipinski definition) is 1. The van der Waals surface area contributed by atoms with E-state index in [1.807, 2.05) is 72.8 Å². The SMILES string of the molecule is O=C(c1ccccc1)c1ccc(/C=C/c2ccc(Cl)cc2Cl)cc1. The monoisotopic (exact) mass is 352 g/mol. The lowest BCUT2D eigenvalue weighted by Gasteiger charge is -2.02. The van der Waals surface area contributed by atoms with E-state index in [9.17, 15) is 4.79 Å². The molecule has 3 aromatic rings. The lowest BCUT2D eigenvalue weighted by atomic mass is 10.0. The zero-order valence-corrected chi connectivity index (χ0v) is 14.3. The molecule has 118 valence electrons. The molecule has 0 heterocycles. The van der Waals surface area contributed by atoms with Gasteiger partial charge >= 0.3 is 0 Å². The van der Waals surface area contributed by atoms with E-state index in [0.717, 1.165) is 11.1 Å². The van der Waals surface area contributed by atoms with Crippen LogP contribution < -0.4 is 0 Å². The minimum absolute atomic E-state index is 0.0203. The van der Waals surface area contributed by atoms with Gasteiger partial charge in [-0.05, 0) is 23.3 Å². The molecular weight excluding hydrogens is 339 g/mol. The molecule has 0 fully saturated rings. The molecule has 3 heteroatoms. The first-order chi connectivity index (χ1) is 11.6. The van der Waals surface area contributed by atoms with E-state index >= 15 is 0 Å². The van der Waals surface area contributed by atoms with E-state index in [-0.39, 0.29) is 5.78 Å². The number of rotatable bonds is 4. The Morgan fingerprint density at radius 3 is 2.08 bits per heavy atom. The molecule has 0 saturated heterocycles. The van der Waals surface area contributed by atoms with Crippen molar-refractivity contribution in [1.82, 2.24) is 0 Å². The van der Waals surface area contributed by atoms with Crippen LogP contribution in [0.4, 0.5) is 0 Å². The van der Waals surface area contributed by atoms with E-state index in [4.69, 9.17) is 23.2 Å². The molecule has 0 bridgehead atoms. The molecule has 0 spiro atoms. The fourth-order valence-corrected chi connectivity index (χ4v) is 2.80. The quantitative estimate of drug-likeness (QED) is 0.392. The molecule has 3 aromatic carbocycles. The predicted octanol–water partition coefficient (Wildman–Crippen LogP) is 6.39. The van der Waals surface area contributed by atoms with Gasteiger partial charge in [-0.25, -0.2) is 0 Å². The summed E-state index contributed by atoms with van der Waals surface area (Å²) in [5.74, 6) is 0.0203. The van der Waals surface area contributed by atoms with Crippen LogP contribution >= 0.6 is 23.2 Å². The van der Waals surface area contributed by atoms with Crippen LogP contribution in [0.15, 0.2) is 72.8 Å². The summed E-state index contributed by atoms with van der Waals surface area (Å²) in [4.78, 5) is 12.4. The third kappa shape index (κ3) is 3.94. The number of benzene rings is 3. The Balaban J connectivity index is 1.77. The Bertz CT molecular complexity index is 881. The van der Waals surface area contributed by atoms with Crippen molar-refractivity contribution in [2.24, 2.45) is 0 Å². The van der Waals surface area contributed by atoms with Crippen molar-refractivity contribution < 1.29 is 4.79 Å². The smallest absolute Gasteiger partial charge is 0.193 e. The number of ketones is 1. The van der Waals surface area contributed by atoms with Crippen molar-refractivity contribution in [1.29, 1.82) is 0 Å². The van der Waals surface area contributed by atoms with E-state index < -0.39 is 0 Å². The van der Waals surface area contributed by atoms with Crippen LogP contribution in [0.3, 0.4) is 0 Å². The summed E-state index contributed by atoms with van der Waals surface area (Å²) in [6.07, 6.45) is 3.87. The van der Waals surface area contributed by atoms with Crippen LogP contribution in [-0.2, 0) is 0 Å². The van der Waals surface area contributed by atoms with E-state index in [1.165, 1.54) is 0 Å². The van der Waals surface area contributed by atoms with E-state index in [2.05, 4.69) is 0 Å². The Labute approximate surface area is 151 Å². The molecule has 24 heavy (non-hydrogen) atoms. The first-order valence-corrected chi connectivity index (χ1v) is 8.22. The van der Waals surface area contributed by atoms with E-state index in [0.29, 0.717) is 21.2 Å². The summed E-state index contributed by atoms with van der Waals surface area (Å²) in [5.41, 5.74) is 3.24. The van der Waals surface area contributed by atoms with Crippen molar-refractivity contribution in [2.75, 3.05) is 0 Å². The topological polar surface area (TPSA) is 17.1 Å². The number of hydrogen-bond donors (Lipinski definition) is 0. The fraction of sp³-hybridized carbons (Fsp3) is 0. The molecular formula is C21H14Cl2O. The van der Waals surface area contributed by atoms with Crippen molar-refractivity contribution in [3.05, 3.63) is 105 Å². The minimum Gasteiger partial charge on any atom is -0.289 e. The van der Waals surface area contributed by atoms with Gasteiger partial charge < -0.3 is 0 Å². The van der Waals surface area contributed by atoms with Gasteiger partial charge in [-0.1, -0.05) is 96.0 Å². The van der Waals surface area contributed by atoms with E-state index in [1.54, 1.807) is 12.1 Å². The number of halogens is 2. The Morgan fingerprint density at radius 1 is 0.750 bits per heavy atom. The van der Waals surface area contributed by atoms with Crippen LogP contribution in [0.5, 0.6) is 0 Å². The summed E-state index contributed by atoms with van der Waals surface area (Å²) < 4.78 is 0. The molecule has 0 aliphatic heterocycles. The van der Waals surface area contributed by atoms with Crippen LogP contribution in [-0.4, -0.2) is 5.78 Å². The van der Waals surface area contributed by atoms with Crippen LogP contribution in [0.2, 0.25) is 10.0 Å². The first-order valence-electron chi connectivity index (χ1n) is 7.46.